The highest BCUT2D eigenvalue weighted by Gasteiger charge is 2.31. The van der Waals surface area contributed by atoms with Crippen molar-refractivity contribution in [1.29, 1.82) is 0 Å². The molecule has 0 atom stereocenters. The van der Waals surface area contributed by atoms with Crippen LogP contribution in [0.4, 0.5) is 17.6 Å². The molecule has 0 saturated heterocycles. The molecule has 0 saturated carbocycles. The van der Waals surface area contributed by atoms with Crippen molar-refractivity contribution in [2.45, 2.75) is 17.6 Å². The molecule has 0 heterocycles. The topological polar surface area (TPSA) is 64.6 Å². The normalized spacial score (nSPS) is 12.1. The quantitative estimate of drug-likeness (QED) is 0.765. The summed E-state index contributed by atoms with van der Waals surface area (Å²) in [7, 11) is -1.33. The zero-order valence-corrected chi connectivity index (χ0v) is 14.5. The van der Waals surface area contributed by atoms with Crippen molar-refractivity contribution in [1.82, 2.24) is 4.72 Å². The third-order valence-electron chi connectivity index (χ3n) is 3.50. The first-order valence-electron chi connectivity index (χ1n) is 7.16. The maximum atomic E-state index is 13.8. The molecule has 1 N–H and O–H groups in total. The summed E-state index contributed by atoms with van der Waals surface area (Å²) in [6.45, 7) is -0.513. The standard InChI is InChI=1S/C16H15F4NO4S/c1-24-14-6-5-12(8-15(14)25-2)26(22,23)21-9-10-3-4-11(7-13(10)17)16(18,19)20/h3-8,21H,9H2,1-2H3. The van der Waals surface area contributed by atoms with Gasteiger partial charge in [0.1, 0.15) is 5.82 Å². The first-order chi connectivity index (χ1) is 12.1. The largest absolute Gasteiger partial charge is 0.493 e. The molecule has 0 aliphatic rings. The second-order valence-electron chi connectivity index (χ2n) is 5.15. The van der Waals surface area contributed by atoms with Gasteiger partial charge in [0.25, 0.3) is 0 Å². The van der Waals surface area contributed by atoms with E-state index in [-0.39, 0.29) is 16.2 Å². The summed E-state index contributed by atoms with van der Waals surface area (Å²) in [5.41, 5.74) is -1.37. The lowest BCUT2D eigenvalue weighted by molar-refractivity contribution is -0.137. The van der Waals surface area contributed by atoms with E-state index in [0.717, 1.165) is 6.07 Å². The van der Waals surface area contributed by atoms with Gasteiger partial charge in [0.2, 0.25) is 10.0 Å². The van der Waals surface area contributed by atoms with Gasteiger partial charge in [0.15, 0.2) is 11.5 Å². The second kappa shape index (κ2) is 7.50. The summed E-state index contributed by atoms with van der Waals surface area (Å²) in [5, 5.41) is 0. The predicted octanol–water partition coefficient (Wildman–Crippen LogP) is 3.34. The molecular weight excluding hydrogens is 378 g/mol. The van der Waals surface area contributed by atoms with E-state index in [4.69, 9.17) is 9.47 Å². The molecule has 5 nitrogen and oxygen atoms in total. The van der Waals surface area contributed by atoms with E-state index in [0.29, 0.717) is 17.9 Å². The van der Waals surface area contributed by atoms with Crippen LogP contribution in [0.15, 0.2) is 41.3 Å². The molecule has 0 aromatic heterocycles. The van der Waals surface area contributed by atoms with Crippen molar-refractivity contribution in [3.63, 3.8) is 0 Å². The summed E-state index contributed by atoms with van der Waals surface area (Å²) >= 11 is 0. The number of ether oxygens (including phenoxy) is 2. The monoisotopic (exact) mass is 393 g/mol. The lowest BCUT2D eigenvalue weighted by Gasteiger charge is -2.12. The van der Waals surface area contributed by atoms with Crippen LogP contribution in [0.2, 0.25) is 0 Å². The number of benzene rings is 2. The van der Waals surface area contributed by atoms with Crippen molar-refractivity contribution in [3.8, 4) is 11.5 Å². The van der Waals surface area contributed by atoms with Gasteiger partial charge in [-0.3, -0.25) is 0 Å². The molecule has 0 aliphatic heterocycles. The molecule has 0 aliphatic carbocycles. The molecule has 0 bridgehead atoms. The van der Waals surface area contributed by atoms with Crippen LogP contribution in [0, 0.1) is 5.82 Å². The van der Waals surface area contributed by atoms with Gasteiger partial charge in [-0.25, -0.2) is 17.5 Å². The van der Waals surface area contributed by atoms with E-state index in [1.54, 1.807) is 0 Å². The first kappa shape index (κ1) is 20.0. The Morgan fingerprint density at radius 1 is 1.00 bits per heavy atom. The zero-order valence-electron chi connectivity index (χ0n) is 13.7. The van der Waals surface area contributed by atoms with Crippen LogP contribution >= 0.6 is 0 Å². The van der Waals surface area contributed by atoms with E-state index < -0.39 is 34.1 Å². The Hall–Kier alpha value is -2.33. The molecule has 2 aromatic rings. The van der Waals surface area contributed by atoms with E-state index in [1.807, 2.05) is 0 Å². The maximum absolute atomic E-state index is 13.8. The Kier molecular flexibility index (Phi) is 5.77. The smallest absolute Gasteiger partial charge is 0.416 e. The highest BCUT2D eigenvalue weighted by atomic mass is 32.2. The fraction of sp³-hybridized carbons (Fsp3) is 0.250. The van der Waals surface area contributed by atoms with Gasteiger partial charge in [-0.1, -0.05) is 6.07 Å². The number of methoxy groups -OCH3 is 2. The molecule has 0 spiro atoms. The highest BCUT2D eigenvalue weighted by Crippen LogP contribution is 2.31. The average Bonchev–Trinajstić information content (AvgIpc) is 2.59. The SMILES string of the molecule is COc1ccc(S(=O)(=O)NCc2ccc(C(F)(F)F)cc2F)cc1OC. The minimum atomic E-state index is -4.68. The molecule has 26 heavy (non-hydrogen) atoms. The number of sulfonamides is 1. The van der Waals surface area contributed by atoms with Gasteiger partial charge in [-0.2, -0.15) is 13.2 Å². The van der Waals surface area contributed by atoms with E-state index in [9.17, 15) is 26.0 Å². The number of hydrogen-bond acceptors (Lipinski definition) is 4. The number of hydrogen-bond donors (Lipinski definition) is 1. The van der Waals surface area contributed by atoms with Crippen LogP contribution in [-0.4, -0.2) is 22.6 Å². The fourth-order valence-corrected chi connectivity index (χ4v) is 3.13. The van der Waals surface area contributed by atoms with E-state index in [2.05, 4.69) is 4.72 Å². The van der Waals surface area contributed by atoms with Gasteiger partial charge in [-0.15, -0.1) is 0 Å². The summed E-state index contributed by atoms with van der Waals surface area (Å²) in [5.74, 6) is -0.661. The maximum Gasteiger partial charge on any atom is 0.416 e. The second-order valence-corrected chi connectivity index (χ2v) is 6.91. The Morgan fingerprint density at radius 3 is 2.19 bits per heavy atom. The van der Waals surface area contributed by atoms with Crippen LogP contribution < -0.4 is 14.2 Å². The predicted molar refractivity (Wildman–Crippen MR) is 85.0 cm³/mol. The van der Waals surface area contributed by atoms with Crippen molar-refractivity contribution in [2.75, 3.05) is 14.2 Å². The van der Waals surface area contributed by atoms with Crippen molar-refractivity contribution in [2.24, 2.45) is 0 Å². The van der Waals surface area contributed by atoms with Crippen LogP contribution in [0.5, 0.6) is 11.5 Å². The van der Waals surface area contributed by atoms with E-state index in [1.165, 1.54) is 32.4 Å². The Bertz CT molecular complexity index is 898. The van der Waals surface area contributed by atoms with Crippen LogP contribution in [0.1, 0.15) is 11.1 Å². The summed E-state index contributed by atoms with van der Waals surface area (Å²) < 4.78 is 88.1. The number of rotatable bonds is 6. The summed E-state index contributed by atoms with van der Waals surface area (Å²) in [6, 6.07) is 5.74. The third kappa shape index (κ3) is 4.44. The van der Waals surface area contributed by atoms with Crippen LogP contribution in [0.25, 0.3) is 0 Å². The first-order valence-corrected chi connectivity index (χ1v) is 8.64. The van der Waals surface area contributed by atoms with Crippen LogP contribution in [-0.2, 0) is 22.7 Å². The summed E-state index contributed by atoms with van der Waals surface area (Å²) in [6.07, 6.45) is -4.68. The lowest BCUT2D eigenvalue weighted by atomic mass is 10.1. The zero-order chi connectivity index (χ0) is 19.5. The average molecular weight is 393 g/mol. The molecule has 2 aromatic carbocycles. The van der Waals surface area contributed by atoms with E-state index >= 15 is 0 Å². The van der Waals surface area contributed by atoms with Crippen LogP contribution in [0.3, 0.4) is 0 Å². The van der Waals surface area contributed by atoms with Crippen molar-refractivity contribution >= 4 is 10.0 Å². The lowest BCUT2D eigenvalue weighted by Crippen LogP contribution is -2.24. The molecule has 0 fully saturated rings. The molecule has 0 radical (unpaired) electrons. The molecular formula is C16H15F4NO4S. The Balaban J connectivity index is 2.21. The Labute approximate surface area is 147 Å². The number of alkyl halides is 3. The fourth-order valence-electron chi connectivity index (χ4n) is 2.11. The van der Waals surface area contributed by atoms with Gasteiger partial charge in [0.05, 0.1) is 24.7 Å². The van der Waals surface area contributed by atoms with Gasteiger partial charge < -0.3 is 9.47 Å². The number of nitrogens with one attached hydrogen (secondary N) is 1. The van der Waals surface area contributed by atoms with Gasteiger partial charge in [0, 0.05) is 18.2 Å². The van der Waals surface area contributed by atoms with Gasteiger partial charge in [-0.05, 0) is 24.3 Å². The molecule has 142 valence electrons. The number of halogens is 4. The molecule has 0 amide bonds. The van der Waals surface area contributed by atoms with Crippen molar-refractivity contribution in [3.05, 3.63) is 53.3 Å². The van der Waals surface area contributed by atoms with Crippen molar-refractivity contribution < 1.29 is 35.5 Å². The van der Waals surface area contributed by atoms with Gasteiger partial charge >= 0.3 is 6.18 Å². The molecule has 2 rings (SSSR count). The highest BCUT2D eigenvalue weighted by molar-refractivity contribution is 7.89. The summed E-state index contributed by atoms with van der Waals surface area (Å²) in [4.78, 5) is -0.164. The minimum Gasteiger partial charge on any atom is -0.493 e. The minimum absolute atomic E-state index is 0.164. The molecule has 10 heteroatoms. The Morgan fingerprint density at radius 2 is 1.65 bits per heavy atom. The molecule has 0 unspecified atom stereocenters. The third-order valence-corrected chi connectivity index (χ3v) is 4.90.